The second-order valence-electron chi connectivity index (χ2n) is 12.9. The molecule has 5 aliphatic rings. The summed E-state index contributed by atoms with van der Waals surface area (Å²) in [4.78, 5) is 36.8. The molecule has 3 unspecified atom stereocenters. The van der Waals surface area contributed by atoms with E-state index in [4.69, 9.17) is 18.9 Å². The minimum atomic E-state index is -1.08. The maximum atomic E-state index is 13.8. The molecule has 5 rings (SSSR count). The predicted molar refractivity (Wildman–Crippen MR) is 127 cm³/mol. The van der Waals surface area contributed by atoms with E-state index < -0.39 is 17.4 Å². The molecule has 4 saturated carbocycles. The molecule has 0 aromatic heterocycles. The second kappa shape index (κ2) is 8.27. The highest BCUT2D eigenvalue weighted by molar-refractivity contribution is 5.92. The molecule has 196 valence electrons. The standard InChI is InChI=1S/C28H42O7/c1-16(29)32-15-23(31)28-24(34-25(3,4)35-28)14-22-20-8-7-18-13-19(33-17(2)30)9-11-26(18,5)21(20)10-12-27(22,28)6/h18-22,24H,7-15H2,1-6H3/t18-,19-,20?,21?,22?,24+,26-,27-,28+/m0/s1. The molecule has 1 aliphatic heterocycles. The van der Waals surface area contributed by atoms with Crippen molar-refractivity contribution >= 4 is 17.7 Å². The van der Waals surface area contributed by atoms with Crippen LogP contribution in [0.2, 0.25) is 0 Å². The van der Waals surface area contributed by atoms with Gasteiger partial charge in [-0.1, -0.05) is 13.8 Å². The lowest BCUT2D eigenvalue weighted by Crippen LogP contribution is -2.62. The minimum absolute atomic E-state index is 0.0491. The quantitative estimate of drug-likeness (QED) is 0.533. The van der Waals surface area contributed by atoms with Crippen molar-refractivity contribution in [2.24, 2.45) is 34.5 Å². The van der Waals surface area contributed by atoms with Gasteiger partial charge in [-0.3, -0.25) is 14.4 Å². The fraction of sp³-hybridized carbons (Fsp3) is 0.893. The fourth-order valence-electron chi connectivity index (χ4n) is 9.44. The first-order chi connectivity index (χ1) is 16.3. The average molecular weight is 491 g/mol. The van der Waals surface area contributed by atoms with Crippen LogP contribution in [-0.2, 0) is 33.3 Å². The lowest BCUT2D eigenvalue weighted by molar-refractivity contribution is -0.221. The van der Waals surface area contributed by atoms with Crippen molar-refractivity contribution in [3.8, 4) is 0 Å². The van der Waals surface area contributed by atoms with Crippen LogP contribution < -0.4 is 0 Å². The summed E-state index contributed by atoms with van der Waals surface area (Å²) in [5.74, 6) is 0.359. The van der Waals surface area contributed by atoms with Gasteiger partial charge in [0, 0.05) is 19.3 Å². The molecule has 9 atom stereocenters. The molecule has 4 aliphatic carbocycles. The van der Waals surface area contributed by atoms with Crippen LogP contribution in [0.4, 0.5) is 0 Å². The smallest absolute Gasteiger partial charge is 0.303 e. The summed E-state index contributed by atoms with van der Waals surface area (Å²) in [6.07, 6.45) is 7.74. The number of rotatable bonds is 4. The molecule has 0 bridgehead atoms. The zero-order valence-corrected chi connectivity index (χ0v) is 22.2. The highest BCUT2D eigenvalue weighted by Gasteiger charge is 2.76. The van der Waals surface area contributed by atoms with Crippen LogP contribution in [0.3, 0.4) is 0 Å². The number of ketones is 1. The number of carbonyl (C=O) groups is 3. The zero-order valence-electron chi connectivity index (χ0n) is 22.2. The van der Waals surface area contributed by atoms with Crippen molar-refractivity contribution in [3.63, 3.8) is 0 Å². The lowest BCUT2D eigenvalue weighted by Gasteiger charge is -2.61. The molecule has 0 aromatic carbocycles. The third-order valence-electron chi connectivity index (χ3n) is 10.8. The average Bonchev–Trinajstić information content (AvgIpc) is 3.17. The van der Waals surface area contributed by atoms with Gasteiger partial charge in [-0.15, -0.1) is 0 Å². The van der Waals surface area contributed by atoms with Crippen LogP contribution in [-0.4, -0.2) is 47.9 Å². The van der Waals surface area contributed by atoms with Gasteiger partial charge in [-0.05, 0) is 94.3 Å². The van der Waals surface area contributed by atoms with Crippen molar-refractivity contribution in [1.82, 2.24) is 0 Å². The summed E-state index contributed by atoms with van der Waals surface area (Å²) in [7, 11) is 0. The van der Waals surface area contributed by atoms with Gasteiger partial charge in [0.2, 0.25) is 5.78 Å². The molecule has 7 nitrogen and oxygen atoms in total. The zero-order chi connectivity index (χ0) is 25.4. The molecule has 0 radical (unpaired) electrons. The number of ether oxygens (including phenoxy) is 4. The van der Waals surface area contributed by atoms with E-state index in [0.717, 1.165) is 51.4 Å². The van der Waals surface area contributed by atoms with E-state index >= 15 is 0 Å². The summed E-state index contributed by atoms with van der Waals surface area (Å²) in [6.45, 7) is 11.0. The van der Waals surface area contributed by atoms with E-state index in [1.807, 2.05) is 13.8 Å². The van der Waals surface area contributed by atoms with E-state index in [0.29, 0.717) is 23.7 Å². The molecule has 7 heteroatoms. The van der Waals surface area contributed by atoms with E-state index in [-0.39, 0.29) is 41.4 Å². The maximum absolute atomic E-state index is 13.8. The Morgan fingerprint density at radius 1 is 0.886 bits per heavy atom. The van der Waals surface area contributed by atoms with Crippen molar-refractivity contribution < 1.29 is 33.3 Å². The highest BCUT2D eigenvalue weighted by atomic mass is 16.8. The molecule has 0 spiro atoms. The number of Topliss-reactive ketones (excluding diaryl/α,β-unsaturated/α-hetero) is 1. The molecular weight excluding hydrogens is 448 g/mol. The van der Waals surface area contributed by atoms with Crippen LogP contribution in [0.1, 0.15) is 92.9 Å². The Kier molecular flexibility index (Phi) is 5.95. The van der Waals surface area contributed by atoms with E-state index in [9.17, 15) is 14.4 Å². The van der Waals surface area contributed by atoms with Crippen molar-refractivity contribution in [1.29, 1.82) is 0 Å². The molecule has 1 heterocycles. The summed E-state index contributed by atoms with van der Waals surface area (Å²) in [6, 6.07) is 0. The van der Waals surface area contributed by atoms with Gasteiger partial charge in [0.05, 0.1) is 6.10 Å². The Hall–Kier alpha value is -1.47. The van der Waals surface area contributed by atoms with Crippen LogP contribution in [0.15, 0.2) is 0 Å². The van der Waals surface area contributed by atoms with Gasteiger partial charge >= 0.3 is 11.9 Å². The molecule has 5 fully saturated rings. The fourth-order valence-corrected chi connectivity index (χ4v) is 9.44. The molecule has 1 saturated heterocycles. The Labute approximate surface area is 209 Å². The van der Waals surface area contributed by atoms with Crippen LogP contribution in [0.25, 0.3) is 0 Å². The third-order valence-corrected chi connectivity index (χ3v) is 10.8. The molecule has 0 N–H and O–H groups in total. The van der Waals surface area contributed by atoms with Crippen molar-refractivity contribution in [3.05, 3.63) is 0 Å². The van der Waals surface area contributed by atoms with Gasteiger partial charge in [0.25, 0.3) is 0 Å². The van der Waals surface area contributed by atoms with Gasteiger partial charge in [0.15, 0.2) is 18.0 Å². The number of hydrogen-bond donors (Lipinski definition) is 0. The van der Waals surface area contributed by atoms with Crippen molar-refractivity contribution in [2.75, 3.05) is 6.61 Å². The summed E-state index contributed by atoms with van der Waals surface area (Å²) >= 11 is 0. The molecule has 0 amide bonds. The topological polar surface area (TPSA) is 88.1 Å². The molecule has 35 heavy (non-hydrogen) atoms. The Bertz CT molecular complexity index is 913. The number of fused-ring (bicyclic) bond motifs is 7. The number of carbonyl (C=O) groups excluding carboxylic acids is 3. The second-order valence-corrected chi connectivity index (χ2v) is 12.9. The lowest BCUT2D eigenvalue weighted by atomic mass is 9.44. The Morgan fingerprint density at radius 2 is 1.63 bits per heavy atom. The van der Waals surface area contributed by atoms with E-state index in [1.54, 1.807) is 0 Å². The van der Waals surface area contributed by atoms with Gasteiger partial charge in [0.1, 0.15) is 6.10 Å². The molecule has 0 aromatic rings. The SMILES string of the molecule is CC(=O)OCC(=O)[C@@]12OC(C)(C)O[C@@H]1CC1C3CC[C@H]4C[C@@H](OC(C)=O)CC[C@]4(C)C3CC[C@@]12C. The first-order valence-corrected chi connectivity index (χ1v) is 13.5. The van der Waals surface area contributed by atoms with Crippen LogP contribution in [0.5, 0.6) is 0 Å². The highest BCUT2D eigenvalue weighted by Crippen LogP contribution is 2.71. The maximum Gasteiger partial charge on any atom is 0.303 e. The molecular formula is C28H42O7. The van der Waals surface area contributed by atoms with E-state index in [1.165, 1.54) is 13.8 Å². The monoisotopic (exact) mass is 490 g/mol. The Balaban J connectivity index is 1.42. The van der Waals surface area contributed by atoms with Gasteiger partial charge in [-0.25, -0.2) is 0 Å². The number of hydrogen-bond acceptors (Lipinski definition) is 7. The first-order valence-electron chi connectivity index (χ1n) is 13.5. The predicted octanol–water partition coefficient (Wildman–Crippen LogP) is 4.59. The van der Waals surface area contributed by atoms with Crippen LogP contribution >= 0.6 is 0 Å². The van der Waals surface area contributed by atoms with Crippen molar-refractivity contribution in [2.45, 2.75) is 117 Å². The van der Waals surface area contributed by atoms with Gasteiger partial charge in [-0.2, -0.15) is 0 Å². The summed E-state index contributed by atoms with van der Waals surface area (Å²) in [5.41, 5.74) is -1.21. The third kappa shape index (κ3) is 3.70. The summed E-state index contributed by atoms with van der Waals surface area (Å²) < 4.78 is 23.8. The minimum Gasteiger partial charge on any atom is -0.463 e. The van der Waals surface area contributed by atoms with Gasteiger partial charge < -0.3 is 18.9 Å². The van der Waals surface area contributed by atoms with Crippen LogP contribution in [0, 0.1) is 34.5 Å². The summed E-state index contributed by atoms with van der Waals surface area (Å²) in [5, 5.41) is 0. The first kappa shape index (κ1) is 25.2. The van der Waals surface area contributed by atoms with E-state index in [2.05, 4.69) is 13.8 Å². The largest absolute Gasteiger partial charge is 0.463 e. The number of esters is 2. The Morgan fingerprint density at radius 3 is 2.31 bits per heavy atom. The normalized spacial score (nSPS) is 47.6.